The van der Waals surface area contributed by atoms with Crippen LogP contribution < -0.4 is 0 Å². The number of ether oxygens (including phenoxy) is 9. The third kappa shape index (κ3) is 3.25. The van der Waals surface area contributed by atoms with Crippen LogP contribution in [0.1, 0.15) is 40.5 Å². The van der Waals surface area contributed by atoms with Gasteiger partial charge in [0.1, 0.15) is 28.8 Å². The van der Waals surface area contributed by atoms with E-state index in [4.69, 9.17) is 42.6 Å². The summed E-state index contributed by atoms with van der Waals surface area (Å²) in [6, 6.07) is 0. The molecule has 1 spiro atoms. The van der Waals surface area contributed by atoms with Gasteiger partial charge in [-0.25, -0.2) is 4.79 Å². The number of hydrogen-bond donors (Lipinski definition) is 2. The largest absolute Gasteiger partial charge is 0.469 e. The number of methoxy groups -OCH3 is 2. The smallest absolute Gasteiger partial charge is 0.335 e. The van der Waals surface area contributed by atoms with E-state index in [2.05, 4.69) is 0 Å². The molecule has 3 aliphatic carbocycles. The molecule has 15 heteroatoms. The molecule has 8 rings (SSSR count). The van der Waals surface area contributed by atoms with E-state index < -0.39 is 118 Å². The first-order chi connectivity index (χ1) is 22.1. The van der Waals surface area contributed by atoms with E-state index in [0.717, 1.165) is 0 Å². The van der Waals surface area contributed by atoms with Crippen molar-refractivity contribution in [3.05, 3.63) is 12.3 Å². The lowest BCUT2D eigenvalue weighted by Gasteiger charge is -2.65. The van der Waals surface area contributed by atoms with Crippen molar-refractivity contribution in [1.82, 2.24) is 0 Å². The van der Waals surface area contributed by atoms with Gasteiger partial charge in [0.15, 0.2) is 11.7 Å². The van der Waals surface area contributed by atoms with E-state index in [1.165, 1.54) is 34.3 Å². The van der Waals surface area contributed by atoms with E-state index in [0.29, 0.717) is 6.42 Å². The van der Waals surface area contributed by atoms with Gasteiger partial charge in [-0.2, -0.15) is 0 Å². The number of esters is 4. The zero-order chi connectivity index (χ0) is 33.7. The molecule has 0 amide bonds. The molecule has 0 aromatic heterocycles. The maximum absolute atomic E-state index is 14.0. The Morgan fingerprint density at radius 3 is 2.28 bits per heavy atom. The number of carbonyl (C=O) groups is 4. The van der Waals surface area contributed by atoms with Gasteiger partial charge in [0, 0.05) is 48.9 Å². The molecule has 47 heavy (non-hydrogen) atoms. The zero-order valence-corrected chi connectivity index (χ0v) is 27.0. The molecule has 0 aromatic carbocycles. The third-order valence-corrected chi connectivity index (χ3v) is 13.4. The third-order valence-electron chi connectivity index (χ3n) is 13.4. The summed E-state index contributed by atoms with van der Waals surface area (Å²) in [6.45, 7) is 5.58. The molecule has 16 atom stereocenters. The maximum atomic E-state index is 14.0. The minimum atomic E-state index is -1.66. The number of rotatable bonds is 5. The molecule has 2 bridgehead atoms. The summed E-state index contributed by atoms with van der Waals surface area (Å²) in [6.07, 6.45) is -4.72. The van der Waals surface area contributed by atoms with Crippen LogP contribution in [-0.4, -0.2) is 121 Å². The first kappa shape index (κ1) is 31.4. The van der Waals surface area contributed by atoms with Crippen LogP contribution in [0.15, 0.2) is 12.3 Å². The van der Waals surface area contributed by atoms with Crippen molar-refractivity contribution >= 4 is 23.9 Å². The van der Waals surface area contributed by atoms with Gasteiger partial charge in [0.25, 0.3) is 0 Å². The predicted octanol–water partition coefficient (Wildman–Crippen LogP) is -0.469. The van der Waals surface area contributed by atoms with E-state index >= 15 is 0 Å². The van der Waals surface area contributed by atoms with Gasteiger partial charge in [-0.05, 0) is 19.4 Å². The predicted molar refractivity (Wildman–Crippen MR) is 149 cm³/mol. The quantitative estimate of drug-likeness (QED) is 0.217. The zero-order valence-electron chi connectivity index (χ0n) is 27.0. The highest BCUT2D eigenvalue weighted by atomic mass is 16.7. The van der Waals surface area contributed by atoms with Gasteiger partial charge in [-0.1, -0.05) is 6.92 Å². The Hall–Kier alpha value is -2.82. The Bertz CT molecular complexity index is 1480. The minimum Gasteiger partial charge on any atom is -0.469 e. The molecule has 2 N–H and O–H groups in total. The van der Waals surface area contributed by atoms with Gasteiger partial charge < -0.3 is 52.8 Å². The summed E-state index contributed by atoms with van der Waals surface area (Å²) >= 11 is 0. The number of epoxide rings is 1. The Kier molecular flexibility index (Phi) is 6.32. The van der Waals surface area contributed by atoms with E-state index in [1.54, 1.807) is 13.0 Å². The maximum Gasteiger partial charge on any atom is 0.335 e. The summed E-state index contributed by atoms with van der Waals surface area (Å²) in [5.74, 6) is -5.38. The van der Waals surface area contributed by atoms with Gasteiger partial charge in [0.2, 0.25) is 6.29 Å². The molecule has 15 nitrogen and oxygen atoms in total. The van der Waals surface area contributed by atoms with Gasteiger partial charge in [-0.3, -0.25) is 14.4 Å². The monoisotopic (exact) mass is 664 g/mol. The Labute approximate surface area is 270 Å². The summed E-state index contributed by atoms with van der Waals surface area (Å²) in [7, 11) is 2.43. The highest BCUT2D eigenvalue weighted by molar-refractivity contribution is 5.81. The lowest BCUT2D eigenvalue weighted by Crippen LogP contribution is -2.77. The standard InChI is InChI=1S/C32H40O15/c1-13(33)44-16-10-17(45-14(2)34)30(25(37)40-6)12-42-19-22(30)29(16)11-43-20(24(36)39-5)21(29)27(3,23(19)35)32-18-9-15(28(32,4)47-32)31(38)7-8-41-26(31)46-18/h7-8,15-23,26,35,38H,9-12H2,1-6H3/t15-,16+,17-,18+,19-,20+,21+,22+,23-,26+,27+,28+,29+,30+,31-,32+/m1/s1. The highest BCUT2D eigenvalue weighted by Gasteiger charge is 2.95. The number of hydrogen-bond acceptors (Lipinski definition) is 15. The van der Waals surface area contributed by atoms with Crippen LogP contribution in [0.2, 0.25) is 0 Å². The average molecular weight is 665 g/mol. The van der Waals surface area contributed by atoms with Crippen LogP contribution in [0.5, 0.6) is 0 Å². The molecular formula is C32H40O15. The summed E-state index contributed by atoms with van der Waals surface area (Å²) < 4.78 is 54.0. The number of fused-ring (bicyclic) bond motifs is 7. The summed E-state index contributed by atoms with van der Waals surface area (Å²) in [5, 5.41) is 24.6. The van der Waals surface area contributed by atoms with Crippen LogP contribution >= 0.6 is 0 Å². The second-order valence-electron chi connectivity index (χ2n) is 14.8. The van der Waals surface area contributed by atoms with E-state index in [1.807, 2.05) is 6.92 Å². The van der Waals surface area contributed by atoms with Crippen molar-refractivity contribution in [2.75, 3.05) is 27.4 Å². The van der Waals surface area contributed by atoms with Crippen molar-refractivity contribution in [2.45, 2.75) is 100 Å². The van der Waals surface area contributed by atoms with Crippen molar-refractivity contribution in [1.29, 1.82) is 0 Å². The Balaban J connectivity index is 1.37. The number of aliphatic hydroxyl groups is 2. The molecule has 0 unspecified atom stereocenters. The molecular weight excluding hydrogens is 624 g/mol. The topological polar surface area (TPSA) is 195 Å². The van der Waals surface area contributed by atoms with E-state index in [9.17, 15) is 29.4 Å². The molecule has 7 fully saturated rings. The molecule has 258 valence electrons. The minimum absolute atomic E-state index is 0.144. The van der Waals surface area contributed by atoms with E-state index in [-0.39, 0.29) is 19.6 Å². The second-order valence-corrected chi connectivity index (χ2v) is 14.8. The second kappa shape index (κ2) is 9.45. The van der Waals surface area contributed by atoms with Crippen LogP contribution in [-0.2, 0) is 61.8 Å². The lowest BCUT2D eigenvalue weighted by atomic mass is 9.38. The van der Waals surface area contributed by atoms with Crippen molar-refractivity contribution < 1.29 is 72.0 Å². The van der Waals surface area contributed by atoms with Crippen LogP contribution in [0, 0.1) is 34.0 Å². The molecule has 5 heterocycles. The van der Waals surface area contributed by atoms with Crippen molar-refractivity contribution in [2.24, 2.45) is 34.0 Å². The molecule has 0 aromatic rings. The number of carbonyl (C=O) groups excluding carboxylic acids is 4. The van der Waals surface area contributed by atoms with Crippen molar-refractivity contribution in [3.63, 3.8) is 0 Å². The fraction of sp³-hybridized carbons (Fsp3) is 0.812. The Morgan fingerprint density at radius 1 is 0.915 bits per heavy atom. The van der Waals surface area contributed by atoms with Gasteiger partial charge in [-0.15, -0.1) is 0 Å². The fourth-order valence-corrected chi connectivity index (χ4v) is 11.9. The number of aliphatic hydroxyl groups excluding tert-OH is 1. The Morgan fingerprint density at radius 2 is 1.62 bits per heavy atom. The van der Waals surface area contributed by atoms with Gasteiger partial charge in [0.05, 0.1) is 52.0 Å². The first-order valence-corrected chi connectivity index (χ1v) is 16.0. The fourth-order valence-electron chi connectivity index (χ4n) is 11.9. The molecule has 0 radical (unpaired) electrons. The van der Waals surface area contributed by atoms with Crippen molar-refractivity contribution in [3.8, 4) is 0 Å². The summed E-state index contributed by atoms with van der Waals surface area (Å²) in [4.78, 5) is 53.0. The summed E-state index contributed by atoms with van der Waals surface area (Å²) in [5.41, 5.74) is -8.47. The average Bonchev–Trinajstić information content (AvgIpc) is 3.45. The molecule has 8 aliphatic rings. The highest BCUT2D eigenvalue weighted by Crippen LogP contribution is 2.82. The molecule has 4 saturated heterocycles. The van der Waals surface area contributed by atoms with Crippen LogP contribution in [0.4, 0.5) is 0 Å². The van der Waals surface area contributed by atoms with Gasteiger partial charge >= 0.3 is 23.9 Å². The van der Waals surface area contributed by atoms with Crippen LogP contribution in [0.25, 0.3) is 0 Å². The SMILES string of the molecule is COC(=O)[C@H]1OC[C@@]23[C@@H](OC(C)=O)C[C@@H](OC(C)=O)[C@@]4(C(=O)OC)CO[C@H]([C@H]42)[C@@H](O)[C@@](C)([C@]24O[C@@]2(C)[C@H]2C[C@@H]4O[C@@H]4OC=C[C@]42O)[C@H]13. The lowest BCUT2D eigenvalue weighted by molar-refractivity contribution is -0.296. The normalized spacial score (nSPS) is 55.5. The van der Waals surface area contributed by atoms with Crippen LogP contribution in [0.3, 0.4) is 0 Å². The molecule has 5 aliphatic heterocycles. The first-order valence-electron chi connectivity index (χ1n) is 16.0. The molecule has 3 saturated carbocycles.